The number of aromatic hydroxyl groups is 1. The zero-order valence-electron chi connectivity index (χ0n) is 10.6. The molecule has 0 aromatic heterocycles. The van der Waals surface area contributed by atoms with Crippen LogP contribution in [0, 0.1) is 0 Å². The highest BCUT2D eigenvalue weighted by Crippen LogP contribution is 2.34. The summed E-state index contributed by atoms with van der Waals surface area (Å²) in [6.45, 7) is 2.81. The fraction of sp³-hybridized carbons (Fsp3) is 0.200. The van der Waals surface area contributed by atoms with Gasteiger partial charge in [0.2, 0.25) is 0 Å². The first-order chi connectivity index (χ1) is 9.10. The van der Waals surface area contributed by atoms with E-state index in [1.54, 1.807) is 12.1 Å². The summed E-state index contributed by atoms with van der Waals surface area (Å²) in [5, 5.41) is 13.2. The van der Waals surface area contributed by atoms with Crippen molar-refractivity contribution in [2.75, 3.05) is 5.32 Å². The van der Waals surface area contributed by atoms with Gasteiger partial charge in [-0.25, -0.2) is 0 Å². The van der Waals surface area contributed by atoms with Gasteiger partial charge in [0.05, 0.1) is 10.0 Å². The Hall–Kier alpha value is -1.38. The van der Waals surface area contributed by atoms with Crippen LogP contribution in [0.5, 0.6) is 5.75 Å². The minimum absolute atomic E-state index is 0.0822. The van der Waals surface area contributed by atoms with E-state index >= 15 is 0 Å². The van der Waals surface area contributed by atoms with Gasteiger partial charge in [-0.1, -0.05) is 54.4 Å². The van der Waals surface area contributed by atoms with E-state index in [1.807, 2.05) is 0 Å². The van der Waals surface area contributed by atoms with Crippen LogP contribution in [0.25, 0.3) is 0 Å². The lowest BCUT2D eigenvalue weighted by Gasteiger charge is -2.09. The molecular formula is C15H15Cl2NO. The molecule has 0 aliphatic carbocycles. The molecule has 4 heteroatoms. The maximum Gasteiger partial charge on any atom is 0.152 e. The summed E-state index contributed by atoms with van der Waals surface area (Å²) in [6, 6.07) is 11.7. The number of rotatable bonds is 4. The molecule has 2 nitrogen and oxygen atoms in total. The van der Waals surface area contributed by atoms with Crippen LogP contribution in [0.1, 0.15) is 18.1 Å². The predicted molar refractivity (Wildman–Crippen MR) is 81.3 cm³/mol. The Morgan fingerprint density at radius 1 is 1.00 bits per heavy atom. The largest absolute Gasteiger partial charge is 0.505 e. The van der Waals surface area contributed by atoms with Gasteiger partial charge in [0.25, 0.3) is 0 Å². The van der Waals surface area contributed by atoms with Gasteiger partial charge in [-0.2, -0.15) is 0 Å². The summed E-state index contributed by atoms with van der Waals surface area (Å²) in [5.41, 5.74) is 3.28. The summed E-state index contributed by atoms with van der Waals surface area (Å²) in [4.78, 5) is 0. The summed E-state index contributed by atoms with van der Waals surface area (Å²) in [7, 11) is 0. The maximum atomic E-state index is 9.48. The summed E-state index contributed by atoms with van der Waals surface area (Å²) in [5.74, 6) is -0.0822. The number of halogens is 2. The van der Waals surface area contributed by atoms with Crippen LogP contribution >= 0.6 is 23.2 Å². The number of aryl methyl sites for hydroxylation is 1. The maximum absolute atomic E-state index is 9.48. The van der Waals surface area contributed by atoms with Crippen molar-refractivity contribution < 1.29 is 5.11 Å². The van der Waals surface area contributed by atoms with Crippen LogP contribution in [0.2, 0.25) is 10.0 Å². The molecule has 0 aliphatic heterocycles. The second kappa shape index (κ2) is 6.18. The van der Waals surface area contributed by atoms with Crippen molar-refractivity contribution in [1.29, 1.82) is 0 Å². The first-order valence-electron chi connectivity index (χ1n) is 6.10. The Balaban J connectivity index is 2.05. The van der Waals surface area contributed by atoms with Crippen LogP contribution in [0.3, 0.4) is 0 Å². The van der Waals surface area contributed by atoms with E-state index < -0.39 is 0 Å². The molecule has 0 amide bonds. The Morgan fingerprint density at radius 3 is 2.05 bits per heavy atom. The molecule has 0 saturated carbocycles. The molecule has 19 heavy (non-hydrogen) atoms. The van der Waals surface area contributed by atoms with Crippen molar-refractivity contribution in [1.82, 2.24) is 0 Å². The highest BCUT2D eigenvalue weighted by Gasteiger charge is 2.06. The van der Waals surface area contributed by atoms with Crippen molar-refractivity contribution in [3.63, 3.8) is 0 Å². The second-order valence-corrected chi connectivity index (χ2v) is 5.13. The van der Waals surface area contributed by atoms with Gasteiger partial charge in [-0.3, -0.25) is 0 Å². The van der Waals surface area contributed by atoms with E-state index in [9.17, 15) is 5.11 Å². The van der Waals surface area contributed by atoms with Crippen molar-refractivity contribution in [3.05, 3.63) is 57.6 Å². The van der Waals surface area contributed by atoms with E-state index in [-0.39, 0.29) is 15.8 Å². The molecule has 0 heterocycles. The summed E-state index contributed by atoms with van der Waals surface area (Å²) < 4.78 is 0. The highest BCUT2D eigenvalue weighted by molar-refractivity contribution is 6.37. The molecule has 0 bridgehead atoms. The standard InChI is InChI=1S/C15H15Cl2NO/c1-2-10-3-5-11(6-4-10)9-18-12-7-13(16)15(19)14(17)8-12/h3-8,18-19H,2,9H2,1H3. The molecular weight excluding hydrogens is 281 g/mol. The lowest BCUT2D eigenvalue weighted by molar-refractivity contribution is 0.476. The van der Waals surface area contributed by atoms with E-state index in [0.29, 0.717) is 6.54 Å². The van der Waals surface area contributed by atoms with E-state index in [2.05, 4.69) is 36.5 Å². The van der Waals surface area contributed by atoms with Crippen LogP contribution in [-0.4, -0.2) is 5.11 Å². The fourth-order valence-corrected chi connectivity index (χ4v) is 2.25. The number of anilines is 1. The van der Waals surface area contributed by atoms with E-state index in [1.165, 1.54) is 11.1 Å². The molecule has 0 aliphatic rings. The number of hydrogen-bond acceptors (Lipinski definition) is 2. The summed E-state index contributed by atoms with van der Waals surface area (Å²) >= 11 is 11.7. The SMILES string of the molecule is CCc1ccc(CNc2cc(Cl)c(O)c(Cl)c2)cc1. The van der Waals surface area contributed by atoms with Crippen LogP contribution in [-0.2, 0) is 13.0 Å². The first kappa shape index (κ1) is 14.0. The smallest absolute Gasteiger partial charge is 0.152 e. The van der Waals surface area contributed by atoms with Crippen LogP contribution < -0.4 is 5.32 Å². The quantitative estimate of drug-likeness (QED) is 0.789. The zero-order chi connectivity index (χ0) is 13.8. The molecule has 0 unspecified atom stereocenters. The Morgan fingerprint density at radius 2 is 1.53 bits per heavy atom. The molecule has 100 valence electrons. The molecule has 0 radical (unpaired) electrons. The number of nitrogens with one attached hydrogen (secondary N) is 1. The second-order valence-electron chi connectivity index (χ2n) is 4.31. The summed E-state index contributed by atoms with van der Waals surface area (Å²) in [6.07, 6.45) is 1.04. The monoisotopic (exact) mass is 295 g/mol. The fourth-order valence-electron chi connectivity index (χ4n) is 1.76. The third-order valence-corrected chi connectivity index (χ3v) is 3.52. The molecule has 0 spiro atoms. The van der Waals surface area contributed by atoms with Gasteiger partial charge in [-0.05, 0) is 29.7 Å². The molecule has 0 saturated heterocycles. The van der Waals surface area contributed by atoms with Crippen LogP contribution in [0.15, 0.2) is 36.4 Å². The molecule has 2 aromatic carbocycles. The molecule has 0 atom stereocenters. The van der Waals surface area contributed by atoms with Gasteiger partial charge in [0.1, 0.15) is 0 Å². The predicted octanol–water partition coefficient (Wildman–Crippen LogP) is 4.87. The van der Waals surface area contributed by atoms with Gasteiger partial charge in [0.15, 0.2) is 5.75 Å². The average Bonchev–Trinajstić information content (AvgIpc) is 2.43. The minimum Gasteiger partial charge on any atom is -0.505 e. The zero-order valence-corrected chi connectivity index (χ0v) is 12.1. The van der Waals surface area contributed by atoms with E-state index in [4.69, 9.17) is 23.2 Å². The van der Waals surface area contributed by atoms with Gasteiger partial charge >= 0.3 is 0 Å². The Kier molecular flexibility index (Phi) is 4.56. The molecule has 2 rings (SSSR count). The van der Waals surface area contributed by atoms with Crippen LogP contribution in [0.4, 0.5) is 5.69 Å². The van der Waals surface area contributed by atoms with Gasteiger partial charge in [0, 0.05) is 12.2 Å². The number of phenolic OH excluding ortho intramolecular Hbond substituents is 1. The normalized spacial score (nSPS) is 10.5. The van der Waals surface area contributed by atoms with Gasteiger partial charge in [-0.15, -0.1) is 0 Å². The van der Waals surface area contributed by atoms with E-state index in [0.717, 1.165) is 12.1 Å². The number of hydrogen-bond donors (Lipinski definition) is 2. The molecule has 0 fully saturated rings. The van der Waals surface area contributed by atoms with Crippen molar-refractivity contribution in [2.45, 2.75) is 19.9 Å². The van der Waals surface area contributed by atoms with Gasteiger partial charge < -0.3 is 10.4 Å². The number of benzene rings is 2. The van der Waals surface area contributed by atoms with Crippen molar-refractivity contribution in [3.8, 4) is 5.75 Å². The third-order valence-electron chi connectivity index (χ3n) is 2.94. The van der Waals surface area contributed by atoms with Crippen molar-refractivity contribution >= 4 is 28.9 Å². The lowest BCUT2D eigenvalue weighted by atomic mass is 10.1. The first-order valence-corrected chi connectivity index (χ1v) is 6.85. The lowest BCUT2D eigenvalue weighted by Crippen LogP contribution is -1.99. The molecule has 2 N–H and O–H groups in total. The van der Waals surface area contributed by atoms with Crippen molar-refractivity contribution in [2.24, 2.45) is 0 Å². The minimum atomic E-state index is -0.0822. The topological polar surface area (TPSA) is 32.3 Å². The Bertz CT molecular complexity index is 544. The Labute approximate surface area is 123 Å². The number of phenols is 1. The molecule has 2 aromatic rings. The third kappa shape index (κ3) is 3.55. The highest BCUT2D eigenvalue weighted by atomic mass is 35.5. The average molecular weight is 296 g/mol.